The van der Waals surface area contributed by atoms with E-state index in [1.165, 1.54) is 0 Å². The first kappa shape index (κ1) is 18.0. The third kappa shape index (κ3) is 3.95. The molecule has 2 heterocycles. The lowest BCUT2D eigenvalue weighted by molar-refractivity contribution is -0.127. The summed E-state index contributed by atoms with van der Waals surface area (Å²) in [6.07, 6.45) is 0.440. The Balaban J connectivity index is 0.00000192. The molecule has 2 aliphatic heterocycles. The van der Waals surface area contributed by atoms with E-state index >= 15 is 0 Å². The van der Waals surface area contributed by atoms with Crippen molar-refractivity contribution in [2.75, 3.05) is 18.0 Å². The highest BCUT2D eigenvalue weighted by molar-refractivity contribution is 6.31. The van der Waals surface area contributed by atoms with E-state index in [0.29, 0.717) is 31.0 Å². The van der Waals surface area contributed by atoms with Gasteiger partial charge < -0.3 is 20.6 Å². The van der Waals surface area contributed by atoms with E-state index < -0.39 is 18.2 Å². The van der Waals surface area contributed by atoms with E-state index in [9.17, 15) is 14.7 Å². The molecular weight excluding hydrogens is 341 g/mol. The molecule has 3 atom stereocenters. The summed E-state index contributed by atoms with van der Waals surface area (Å²) >= 11 is 5.95. The average molecular weight is 360 g/mol. The van der Waals surface area contributed by atoms with Gasteiger partial charge in [0.1, 0.15) is 6.04 Å². The molecule has 0 aromatic heterocycles. The van der Waals surface area contributed by atoms with Gasteiger partial charge in [-0.2, -0.15) is 0 Å². The van der Waals surface area contributed by atoms with Gasteiger partial charge in [-0.1, -0.05) is 17.7 Å². The summed E-state index contributed by atoms with van der Waals surface area (Å²) in [6, 6.07) is 6.15. The Labute approximate surface area is 145 Å². The van der Waals surface area contributed by atoms with Gasteiger partial charge in [0.25, 0.3) is 0 Å². The molecule has 3 rings (SSSR count). The van der Waals surface area contributed by atoms with Crippen LogP contribution in [0.3, 0.4) is 0 Å². The van der Waals surface area contributed by atoms with Crippen LogP contribution in [0.4, 0.5) is 5.69 Å². The van der Waals surface area contributed by atoms with Crippen LogP contribution in [0.1, 0.15) is 12.8 Å². The van der Waals surface area contributed by atoms with Crippen molar-refractivity contribution >= 4 is 41.5 Å². The minimum atomic E-state index is -0.522. The Hall–Kier alpha value is -1.34. The predicted molar refractivity (Wildman–Crippen MR) is 90.0 cm³/mol. The summed E-state index contributed by atoms with van der Waals surface area (Å²) < 4.78 is 0. The first-order valence-electron chi connectivity index (χ1n) is 7.33. The minimum Gasteiger partial charge on any atom is -0.392 e. The zero-order chi connectivity index (χ0) is 15.7. The van der Waals surface area contributed by atoms with Crippen LogP contribution in [-0.4, -0.2) is 48.2 Å². The number of aliphatic hydroxyl groups excluding tert-OH is 1. The molecule has 0 radical (unpaired) electrons. The van der Waals surface area contributed by atoms with E-state index in [2.05, 4.69) is 10.6 Å². The van der Waals surface area contributed by atoms with Crippen molar-refractivity contribution in [3.8, 4) is 0 Å². The Morgan fingerprint density at radius 1 is 1.43 bits per heavy atom. The standard InChI is InChI=1S/C15H18ClN3O3.ClH/c16-9-2-1-3-10(6-9)19-5-4-12(15(19)22)18-14(21)13-7-11(20)8-17-13;/h1-3,6,11-13,17,20H,4-5,7-8H2,(H,18,21);1H. The number of aliphatic hydroxyl groups is 1. The number of carbonyl (C=O) groups is 2. The van der Waals surface area contributed by atoms with E-state index in [1.54, 1.807) is 23.1 Å². The number of nitrogens with one attached hydrogen (secondary N) is 2. The second kappa shape index (κ2) is 7.49. The van der Waals surface area contributed by atoms with Gasteiger partial charge in [0.2, 0.25) is 11.8 Å². The lowest BCUT2D eigenvalue weighted by Crippen LogP contribution is -2.48. The largest absolute Gasteiger partial charge is 0.392 e. The van der Waals surface area contributed by atoms with Crippen LogP contribution in [-0.2, 0) is 9.59 Å². The second-order valence-corrected chi connectivity index (χ2v) is 6.11. The van der Waals surface area contributed by atoms with Crippen LogP contribution in [0.15, 0.2) is 24.3 Å². The number of carbonyl (C=O) groups excluding carboxylic acids is 2. The fourth-order valence-electron chi connectivity index (χ4n) is 2.90. The van der Waals surface area contributed by atoms with Crippen LogP contribution < -0.4 is 15.5 Å². The molecular formula is C15H19Cl2N3O3. The topological polar surface area (TPSA) is 81.7 Å². The van der Waals surface area contributed by atoms with Gasteiger partial charge in [-0.3, -0.25) is 9.59 Å². The summed E-state index contributed by atoms with van der Waals surface area (Å²) in [5, 5.41) is 15.7. The molecule has 0 bridgehead atoms. The number of nitrogens with zero attached hydrogens (tertiary/aromatic N) is 1. The van der Waals surface area contributed by atoms with Crippen molar-refractivity contribution in [3.05, 3.63) is 29.3 Å². The molecule has 2 fully saturated rings. The molecule has 2 aliphatic rings. The van der Waals surface area contributed by atoms with Crippen molar-refractivity contribution in [3.63, 3.8) is 0 Å². The highest BCUT2D eigenvalue weighted by Crippen LogP contribution is 2.24. The van der Waals surface area contributed by atoms with E-state index in [1.807, 2.05) is 6.07 Å². The number of rotatable bonds is 3. The quantitative estimate of drug-likeness (QED) is 0.742. The number of β-amino-alcohol motifs (C(OH)–C–C–N with tert-alkyl or cyclic N) is 1. The maximum Gasteiger partial charge on any atom is 0.249 e. The number of amides is 2. The normalized spacial score (nSPS) is 27.0. The molecule has 3 N–H and O–H groups in total. The number of benzene rings is 1. The number of hydrogen-bond donors (Lipinski definition) is 3. The van der Waals surface area contributed by atoms with E-state index in [4.69, 9.17) is 11.6 Å². The predicted octanol–water partition coefficient (Wildman–Crippen LogP) is 0.706. The van der Waals surface area contributed by atoms with Crippen LogP contribution in [0.5, 0.6) is 0 Å². The lowest BCUT2D eigenvalue weighted by Gasteiger charge is -2.18. The van der Waals surface area contributed by atoms with Gasteiger partial charge in [-0.25, -0.2) is 0 Å². The molecule has 1 aromatic carbocycles. The Kier molecular flexibility index (Phi) is 5.86. The molecule has 3 unspecified atom stereocenters. The first-order valence-corrected chi connectivity index (χ1v) is 7.71. The molecule has 23 heavy (non-hydrogen) atoms. The Bertz CT molecular complexity index is 599. The Morgan fingerprint density at radius 3 is 2.87 bits per heavy atom. The fraction of sp³-hybridized carbons (Fsp3) is 0.467. The summed E-state index contributed by atoms with van der Waals surface area (Å²) in [5.74, 6) is -0.364. The molecule has 1 aromatic rings. The molecule has 0 aliphatic carbocycles. The minimum absolute atomic E-state index is 0. The summed E-state index contributed by atoms with van der Waals surface area (Å²) in [5.41, 5.74) is 0.740. The van der Waals surface area contributed by atoms with Gasteiger partial charge >= 0.3 is 0 Å². The maximum absolute atomic E-state index is 12.4. The van der Waals surface area contributed by atoms with E-state index in [-0.39, 0.29) is 24.2 Å². The molecule has 0 spiro atoms. The number of hydrogen-bond acceptors (Lipinski definition) is 4. The van der Waals surface area contributed by atoms with Gasteiger partial charge in [0, 0.05) is 23.8 Å². The summed E-state index contributed by atoms with van der Waals surface area (Å²) in [7, 11) is 0. The van der Waals surface area contributed by atoms with Crippen LogP contribution >= 0.6 is 24.0 Å². The SMILES string of the molecule is Cl.O=C(NC1CCN(c2cccc(Cl)c2)C1=O)C1CC(O)CN1. The van der Waals surface area contributed by atoms with Crippen molar-refractivity contribution in [1.82, 2.24) is 10.6 Å². The smallest absolute Gasteiger partial charge is 0.249 e. The first-order chi connectivity index (χ1) is 10.5. The summed E-state index contributed by atoms with van der Waals surface area (Å²) in [4.78, 5) is 26.2. The number of halogens is 2. The van der Waals surface area contributed by atoms with Crippen LogP contribution in [0.25, 0.3) is 0 Å². The van der Waals surface area contributed by atoms with Gasteiger partial charge in [-0.15, -0.1) is 12.4 Å². The molecule has 6 nitrogen and oxygen atoms in total. The zero-order valence-electron chi connectivity index (χ0n) is 12.4. The Morgan fingerprint density at radius 2 is 2.22 bits per heavy atom. The third-order valence-electron chi connectivity index (χ3n) is 4.07. The van der Waals surface area contributed by atoms with Crippen molar-refractivity contribution in [2.24, 2.45) is 0 Å². The monoisotopic (exact) mass is 359 g/mol. The fourth-order valence-corrected chi connectivity index (χ4v) is 3.09. The summed E-state index contributed by atoms with van der Waals surface area (Å²) in [6.45, 7) is 0.955. The highest BCUT2D eigenvalue weighted by atomic mass is 35.5. The second-order valence-electron chi connectivity index (χ2n) is 5.67. The lowest BCUT2D eigenvalue weighted by atomic mass is 10.1. The van der Waals surface area contributed by atoms with Crippen molar-refractivity contribution in [1.29, 1.82) is 0 Å². The van der Waals surface area contributed by atoms with Gasteiger partial charge in [0.05, 0.1) is 12.1 Å². The van der Waals surface area contributed by atoms with E-state index in [0.717, 1.165) is 5.69 Å². The van der Waals surface area contributed by atoms with Crippen LogP contribution in [0.2, 0.25) is 5.02 Å². The molecule has 2 amide bonds. The van der Waals surface area contributed by atoms with Crippen LogP contribution in [0, 0.1) is 0 Å². The maximum atomic E-state index is 12.4. The molecule has 0 saturated carbocycles. The van der Waals surface area contributed by atoms with Crippen molar-refractivity contribution < 1.29 is 14.7 Å². The van der Waals surface area contributed by atoms with Gasteiger partial charge in [-0.05, 0) is 31.0 Å². The molecule has 8 heteroatoms. The highest BCUT2D eigenvalue weighted by Gasteiger charge is 2.36. The average Bonchev–Trinajstić information content (AvgIpc) is 3.06. The molecule has 2 saturated heterocycles. The van der Waals surface area contributed by atoms with Gasteiger partial charge in [0.15, 0.2) is 0 Å². The third-order valence-corrected chi connectivity index (χ3v) is 4.30. The van der Waals surface area contributed by atoms with Crippen molar-refractivity contribution in [2.45, 2.75) is 31.0 Å². The zero-order valence-corrected chi connectivity index (χ0v) is 13.9. The number of anilines is 1. The molecule has 126 valence electrons.